The highest BCUT2D eigenvalue weighted by atomic mass is 16.5. The summed E-state index contributed by atoms with van der Waals surface area (Å²) < 4.78 is 9.96. The van der Waals surface area contributed by atoms with Crippen molar-refractivity contribution in [3.05, 3.63) is 23.8 Å². The van der Waals surface area contributed by atoms with Crippen molar-refractivity contribution in [1.82, 2.24) is 5.32 Å². The molecule has 1 aromatic carbocycles. The molecule has 2 N–H and O–H groups in total. The van der Waals surface area contributed by atoms with Crippen molar-refractivity contribution in [2.75, 3.05) is 27.4 Å². The molecule has 0 saturated carbocycles. The van der Waals surface area contributed by atoms with Crippen molar-refractivity contribution < 1.29 is 14.6 Å². The quantitative estimate of drug-likeness (QED) is 0.680. The molecule has 0 bridgehead atoms. The standard InChI is InChI=1S/C13H21NO3/c1-16-8-4-3-7-14-10-11-5-6-13(17-2)12(15)9-11/h5-6,9,14-15H,3-4,7-8,10H2,1-2H3. The van der Waals surface area contributed by atoms with Crippen molar-refractivity contribution in [2.45, 2.75) is 19.4 Å². The molecule has 17 heavy (non-hydrogen) atoms. The Kier molecular flexibility index (Phi) is 6.43. The highest BCUT2D eigenvalue weighted by Gasteiger charge is 2.01. The van der Waals surface area contributed by atoms with Gasteiger partial charge >= 0.3 is 0 Å². The number of aromatic hydroxyl groups is 1. The summed E-state index contributed by atoms with van der Waals surface area (Å²) in [4.78, 5) is 0. The van der Waals surface area contributed by atoms with Gasteiger partial charge in [-0.25, -0.2) is 0 Å². The van der Waals surface area contributed by atoms with Crippen molar-refractivity contribution in [1.29, 1.82) is 0 Å². The van der Waals surface area contributed by atoms with Gasteiger partial charge in [-0.05, 0) is 37.1 Å². The molecule has 0 aliphatic carbocycles. The molecule has 96 valence electrons. The summed E-state index contributed by atoms with van der Waals surface area (Å²) >= 11 is 0. The van der Waals surface area contributed by atoms with E-state index in [2.05, 4.69) is 5.32 Å². The minimum absolute atomic E-state index is 0.186. The summed E-state index contributed by atoms with van der Waals surface area (Å²) in [5, 5.41) is 12.9. The van der Waals surface area contributed by atoms with Gasteiger partial charge in [0.25, 0.3) is 0 Å². The van der Waals surface area contributed by atoms with Gasteiger partial charge in [-0.15, -0.1) is 0 Å². The van der Waals surface area contributed by atoms with Gasteiger partial charge in [0.05, 0.1) is 7.11 Å². The third-order valence-electron chi connectivity index (χ3n) is 2.52. The Bertz CT molecular complexity index is 328. The highest BCUT2D eigenvalue weighted by molar-refractivity contribution is 5.41. The SMILES string of the molecule is COCCCCNCc1ccc(OC)c(O)c1. The van der Waals surface area contributed by atoms with Gasteiger partial charge in [-0.3, -0.25) is 0 Å². The van der Waals surface area contributed by atoms with Crippen LogP contribution in [0.2, 0.25) is 0 Å². The smallest absolute Gasteiger partial charge is 0.160 e. The molecule has 0 atom stereocenters. The van der Waals surface area contributed by atoms with E-state index in [1.54, 1.807) is 26.4 Å². The predicted octanol–water partition coefficient (Wildman–Crippen LogP) is 1.92. The van der Waals surface area contributed by atoms with Crippen LogP contribution in [-0.2, 0) is 11.3 Å². The lowest BCUT2D eigenvalue weighted by molar-refractivity contribution is 0.192. The fourth-order valence-electron chi connectivity index (χ4n) is 1.57. The second-order valence-electron chi connectivity index (χ2n) is 3.88. The van der Waals surface area contributed by atoms with Gasteiger partial charge in [-0.2, -0.15) is 0 Å². The fraction of sp³-hybridized carbons (Fsp3) is 0.538. The molecule has 0 aliphatic heterocycles. The zero-order valence-electron chi connectivity index (χ0n) is 10.5. The third kappa shape index (κ3) is 5.06. The van der Waals surface area contributed by atoms with Crippen LogP contribution in [0.5, 0.6) is 11.5 Å². The van der Waals surface area contributed by atoms with Crippen LogP contribution < -0.4 is 10.1 Å². The fourth-order valence-corrected chi connectivity index (χ4v) is 1.57. The largest absolute Gasteiger partial charge is 0.504 e. The summed E-state index contributed by atoms with van der Waals surface area (Å²) in [6.07, 6.45) is 2.16. The Balaban J connectivity index is 2.25. The average molecular weight is 239 g/mol. The zero-order valence-corrected chi connectivity index (χ0v) is 10.5. The number of phenols is 1. The molecule has 0 heterocycles. The van der Waals surface area contributed by atoms with Gasteiger partial charge in [-0.1, -0.05) is 6.07 Å². The van der Waals surface area contributed by atoms with Crippen molar-refractivity contribution in [3.8, 4) is 11.5 Å². The Labute approximate surface area is 103 Å². The first-order valence-electron chi connectivity index (χ1n) is 5.83. The topological polar surface area (TPSA) is 50.7 Å². The monoisotopic (exact) mass is 239 g/mol. The van der Waals surface area contributed by atoms with Crippen LogP contribution >= 0.6 is 0 Å². The summed E-state index contributed by atoms with van der Waals surface area (Å²) in [7, 11) is 3.26. The molecule has 0 amide bonds. The van der Waals surface area contributed by atoms with Crippen molar-refractivity contribution in [3.63, 3.8) is 0 Å². The average Bonchev–Trinajstić information content (AvgIpc) is 2.34. The maximum Gasteiger partial charge on any atom is 0.160 e. The molecule has 4 nitrogen and oxygen atoms in total. The number of benzene rings is 1. The van der Waals surface area contributed by atoms with Crippen LogP contribution in [0.4, 0.5) is 0 Å². The lowest BCUT2D eigenvalue weighted by Gasteiger charge is -2.07. The van der Waals surface area contributed by atoms with E-state index in [1.165, 1.54) is 0 Å². The molecule has 0 aliphatic rings. The van der Waals surface area contributed by atoms with Crippen LogP contribution in [0.25, 0.3) is 0 Å². The van der Waals surface area contributed by atoms with Crippen LogP contribution in [0, 0.1) is 0 Å². The maximum absolute atomic E-state index is 9.59. The number of unbranched alkanes of at least 4 members (excludes halogenated alkanes) is 1. The van der Waals surface area contributed by atoms with Crippen LogP contribution in [-0.4, -0.2) is 32.5 Å². The first kappa shape index (κ1) is 13.8. The molecule has 0 unspecified atom stereocenters. The minimum Gasteiger partial charge on any atom is -0.504 e. The minimum atomic E-state index is 0.186. The van der Waals surface area contributed by atoms with Crippen molar-refractivity contribution in [2.24, 2.45) is 0 Å². The normalized spacial score (nSPS) is 10.5. The maximum atomic E-state index is 9.59. The van der Waals surface area contributed by atoms with E-state index in [9.17, 15) is 5.11 Å². The Hall–Kier alpha value is -1.26. The van der Waals surface area contributed by atoms with Crippen LogP contribution in [0.15, 0.2) is 18.2 Å². The second kappa shape index (κ2) is 7.92. The van der Waals surface area contributed by atoms with E-state index >= 15 is 0 Å². The summed E-state index contributed by atoms with van der Waals surface area (Å²) in [5.74, 6) is 0.694. The Morgan fingerprint density at radius 1 is 1.24 bits per heavy atom. The zero-order chi connectivity index (χ0) is 12.5. The van der Waals surface area contributed by atoms with Crippen molar-refractivity contribution >= 4 is 0 Å². The van der Waals surface area contributed by atoms with E-state index in [0.717, 1.165) is 38.1 Å². The molecule has 4 heteroatoms. The summed E-state index contributed by atoms with van der Waals surface area (Å²) in [5.41, 5.74) is 1.05. The number of ether oxygens (including phenoxy) is 2. The number of rotatable bonds is 8. The molecule has 0 saturated heterocycles. The first-order valence-corrected chi connectivity index (χ1v) is 5.83. The summed E-state index contributed by atoms with van der Waals surface area (Å²) in [6, 6.07) is 5.44. The molecule has 0 spiro atoms. The van der Waals surface area contributed by atoms with Gasteiger partial charge in [0.2, 0.25) is 0 Å². The van der Waals surface area contributed by atoms with E-state index in [4.69, 9.17) is 9.47 Å². The number of nitrogens with one attached hydrogen (secondary N) is 1. The molecular formula is C13H21NO3. The molecule has 1 rings (SSSR count). The number of phenolic OH excluding ortho intramolecular Hbond substituents is 1. The highest BCUT2D eigenvalue weighted by Crippen LogP contribution is 2.25. The lowest BCUT2D eigenvalue weighted by atomic mass is 10.2. The number of hydrogen-bond donors (Lipinski definition) is 2. The van der Waals surface area contributed by atoms with Gasteiger partial charge < -0.3 is 19.9 Å². The Morgan fingerprint density at radius 2 is 2.06 bits per heavy atom. The van der Waals surface area contributed by atoms with E-state index < -0.39 is 0 Å². The first-order chi connectivity index (χ1) is 8.27. The predicted molar refractivity (Wildman–Crippen MR) is 67.5 cm³/mol. The second-order valence-corrected chi connectivity index (χ2v) is 3.88. The van der Waals surface area contributed by atoms with Gasteiger partial charge in [0.15, 0.2) is 11.5 Å². The Morgan fingerprint density at radius 3 is 2.71 bits per heavy atom. The van der Waals surface area contributed by atoms with Gasteiger partial charge in [0.1, 0.15) is 0 Å². The van der Waals surface area contributed by atoms with Gasteiger partial charge in [0, 0.05) is 20.3 Å². The third-order valence-corrected chi connectivity index (χ3v) is 2.52. The van der Waals surface area contributed by atoms with E-state index in [1.807, 2.05) is 6.07 Å². The molecular weight excluding hydrogens is 218 g/mol. The lowest BCUT2D eigenvalue weighted by Crippen LogP contribution is -2.15. The number of methoxy groups -OCH3 is 2. The number of hydrogen-bond acceptors (Lipinski definition) is 4. The molecule has 0 fully saturated rings. The van der Waals surface area contributed by atoms with Crippen LogP contribution in [0.1, 0.15) is 18.4 Å². The van der Waals surface area contributed by atoms with Crippen LogP contribution in [0.3, 0.4) is 0 Å². The molecule has 0 aromatic heterocycles. The van der Waals surface area contributed by atoms with E-state index in [-0.39, 0.29) is 5.75 Å². The molecule has 0 radical (unpaired) electrons. The molecule has 1 aromatic rings. The summed E-state index contributed by atoms with van der Waals surface area (Å²) in [6.45, 7) is 2.52. The van der Waals surface area contributed by atoms with E-state index in [0.29, 0.717) is 5.75 Å².